The van der Waals surface area contributed by atoms with Gasteiger partial charge in [0.1, 0.15) is 0 Å². The summed E-state index contributed by atoms with van der Waals surface area (Å²) in [6.45, 7) is 0. The quantitative estimate of drug-likeness (QED) is 0.487. The zero-order valence-electron chi connectivity index (χ0n) is 8.19. The molecule has 0 aliphatic carbocycles. The predicted molar refractivity (Wildman–Crippen MR) is 52.4 cm³/mol. The number of likely N-dealkylation sites (N-methyl/N-ethyl adjacent to an activating group) is 1. The molecule has 1 aliphatic heterocycles. The molecule has 1 heterocycles. The maximum atomic E-state index is 11.2. The van der Waals surface area contributed by atoms with E-state index in [-0.39, 0.29) is 0 Å². The van der Waals surface area contributed by atoms with Crippen molar-refractivity contribution in [3.05, 3.63) is 24.2 Å². The van der Waals surface area contributed by atoms with E-state index >= 15 is 0 Å². The van der Waals surface area contributed by atoms with Gasteiger partial charge in [-0.1, -0.05) is 12.2 Å². The average Bonchev–Trinajstić information content (AvgIpc) is 2.03. The Hall–Kier alpha value is -1.03. The SMILES string of the molecule is C[N+](C)(C)C1(C(=O)O)[B]C=CC=C1. The molecule has 1 rings (SSSR count). The minimum atomic E-state index is -0.922. The molecule has 0 saturated carbocycles. The molecule has 1 N–H and O–H groups in total. The molecule has 4 heteroatoms. The molecular formula is C9H14BNO2+. The Morgan fingerprint density at radius 1 is 1.38 bits per heavy atom. The molecule has 0 aromatic heterocycles. The minimum absolute atomic E-state index is 0.350. The number of carbonyl (C=O) groups is 1. The number of rotatable bonds is 2. The second kappa shape index (κ2) is 3.03. The van der Waals surface area contributed by atoms with Crippen LogP contribution < -0.4 is 0 Å². The van der Waals surface area contributed by atoms with Gasteiger partial charge >= 0.3 is 5.97 Å². The summed E-state index contributed by atoms with van der Waals surface area (Å²) in [5.41, 5.74) is -0.922. The minimum Gasteiger partial charge on any atom is -0.477 e. The van der Waals surface area contributed by atoms with Crippen molar-refractivity contribution < 1.29 is 14.4 Å². The highest BCUT2D eigenvalue weighted by Crippen LogP contribution is 2.22. The molecule has 0 aromatic carbocycles. The normalized spacial score (nSPS) is 27.0. The van der Waals surface area contributed by atoms with Crippen molar-refractivity contribution in [3.63, 3.8) is 0 Å². The number of carboxylic acid groups (broad SMARTS) is 1. The first kappa shape index (κ1) is 10.1. The number of hydrogen-bond donors (Lipinski definition) is 1. The molecule has 0 fully saturated rings. The largest absolute Gasteiger partial charge is 0.477 e. The molecule has 1 unspecified atom stereocenters. The highest BCUT2D eigenvalue weighted by Gasteiger charge is 2.48. The Morgan fingerprint density at radius 2 is 2.00 bits per heavy atom. The van der Waals surface area contributed by atoms with Crippen molar-refractivity contribution in [1.82, 2.24) is 0 Å². The van der Waals surface area contributed by atoms with Crippen LogP contribution in [0, 0.1) is 0 Å². The van der Waals surface area contributed by atoms with E-state index in [1.54, 1.807) is 25.4 Å². The van der Waals surface area contributed by atoms with E-state index in [1.165, 1.54) is 0 Å². The number of quaternary nitrogens is 1. The van der Waals surface area contributed by atoms with Crippen molar-refractivity contribution in [2.75, 3.05) is 21.1 Å². The van der Waals surface area contributed by atoms with Crippen LogP contribution >= 0.6 is 0 Å². The Morgan fingerprint density at radius 3 is 2.23 bits per heavy atom. The van der Waals surface area contributed by atoms with E-state index in [1.807, 2.05) is 27.2 Å². The van der Waals surface area contributed by atoms with Crippen molar-refractivity contribution in [2.24, 2.45) is 0 Å². The third-order valence-corrected chi connectivity index (χ3v) is 2.38. The van der Waals surface area contributed by atoms with Crippen LogP contribution in [0.25, 0.3) is 0 Å². The summed E-state index contributed by atoms with van der Waals surface area (Å²) < 4.78 is 0.350. The van der Waals surface area contributed by atoms with Gasteiger partial charge in [0.15, 0.2) is 5.44 Å². The number of carboxylic acids is 1. The molecule has 3 nitrogen and oxygen atoms in total. The topological polar surface area (TPSA) is 37.3 Å². The van der Waals surface area contributed by atoms with Gasteiger partial charge in [-0.3, -0.25) is 0 Å². The fourth-order valence-electron chi connectivity index (χ4n) is 1.40. The summed E-state index contributed by atoms with van der Waals surface area (Å²) in [5.74, 6) is 0.957. The van der Waals surface area contributed by atoms with E-state index in [0.29, 0.717) is 4.48 Å². The van der Waals surface area contributed by atoms with E-state index in [9.17, 15) is 9.90 Å². The van der Waals surface area contributed by atoms with Crippen LogP contribution in [0.2, 0.25) is 0 Å². The summed E-state index contributed by atoms with van der Waals surface area (Å²) in [5, 5.41) is 9.19. The van der Waals surface area contributed by atoms with E-state index in [0.717, 1.165) is 0 Å². The Balaban J connectivity index is 3.10. The van der Waals surface area contributed by atoms with Crippen LogP contribution in [0.1, 0.15) is 0 Å². The molecule has 13 heavy (non-hydrogen) atoms. The van der Waals surface area contributed by atoms with Gasteiger partial charge in [0.25, 0.3) is 0 Å². The lowest BCUT2D eigenvalue weighted by Gasteiger charge is -2.41. The zero-order valence-corrected chi connectivity index (χ0v) is 8.19. The zero-order chi connectivity index (χ0) is 10.1. The van der Waals surface area contributed by atoms with E-state index < -0.39 is 11.4 Å². The van der Waals surface area contributed by atoms with Gasteiger partial charge in [-0.2, -0.15) is 0 Å². The van der Waals surface area contributed by atoms with Crippen LogP contribution in [-0.2, 0) is 4.79 Å². The summed E-state index contributed by atoms with van der Waals surface area (Å²) in [6, 6.07) is 0. The summed E-state index contributed by atoms with van der Waals surface area (Å²) in [4.78, 5) is 11.2. The van der Waals surface area contributed by atoms with Gasteiger partial charge in [-0.05, 0) is 6.08 Å². The van der Waals surface area contributed by atoms with Crippen molar-refractivity contribution in [2.45, 2.75) is 5.44 Å². The number of nitrogens with zero attached hydrogens (tertiary/aromatic N) is 1. The fraction of sp³-hybridized carbons (Fsp3) is 0.444. The lowest BCUT2D eigenvalue weighted by Crippen LogP contribution is -2.64. The van der Waals surface area contributed by atoms with Crippen LogP contribution in [0.15, 0.2) is 24.2 Å². The van der Waals surface area contributed by atoms with Gasteiger partial charge in [-0.15, -0.1) is 5.98 Å². The van der Waals surface area contributed by atoms with Crippen molar-refractivity contribution in [1.29, 1.82) is 0 Å². The van der Waals surface area contributed by atoms with E-state index in [4.69, 9.17) is 0 Å². The van der Waals surface area contributed by atoms with Crippen molar-refractivity contribution >= 4 is 13.2 Å². The second-order valence-electron chi connectivity index (χ2n) is 4.05. The first-order valence-electron chi connectivity index (χ1n) is 4.15. The Labute approximate surface area is 79.2 Å². The van der Waals surface area contributed by atoms with Crippen LogP contribution in [-0.4, -0.2) is 49.4 Å². The molecule has 1 aliphatic rings. The average molecular weight is 179 g/mol. The first-order chi connectivity index (χ1) is 5.90. The van der Waals surface area contributed by atoms with Crippen LogP contribution in [0.4, 0.5) is 0 Å². The molecule has 69 valence electrons. The molecular weight excluding hydrogens is 165 g/mol. The highest BCUT2D eigenvalue weighted by molar-refractivity contribution is 6.52. The first-order valence-corrected chi connectivity index (χ1v) is 4.15. The van der Waals surface area contributed by atoms with Crippen LogP contribution in [0.3, 0.4) is 0 Å². The second-order valence-corrected chi connectivity index (χ2v) is 4.05. The molecule has 0 aromatic rings. The monoisotopic (exact) mass is 179 g/mol. The lowest BCUT2D eigenvalue weighted by molar-refractivity contribution is -0.892. The standard InChI is InChI=1S/C9H13BNO2/c1-11(2,3)9(8(12)13)6-4-5-7-10-9/h4-7H,1-3H3/p+1. The fourth-order valence-corrected chi connectivity index (χ4v) is 1.40. The lowest BCUT2D eigenvalue weighted by atomic mass is 9.54. The molecule has 0 bridgehead atoms. The third-order valence-electron chi connectivity index (χ3n) is 2.38. The smallest absolute Gasteiger partial charge is 0.359 e. The third kappa shape index (κ3) is 1.54. The Bertz CT molecular complexity index is 278. The molecule has 0 saturated heterocycles. The maximum Gasteiger partial charge on any atom is 0.359 e. The van der Waals surface area contributed by atoms with Crippen molar-refractivity contribution in [3.8, 4) is 0 Å². The van der Waals surface area contributed by atoms with Gasteiger partial charge in [0.2, 0.25) is 7.28 Å². The van der Waals surface area contributed by atoms with Gasteiger partial charge < -0.3 is 9.59 Å². The Kier molecular flexibility index (Phi) is 2.35. The number of hydrogen-bond acceptors (Lipinski definition) is 1. The highest BCUT2D eigenvalue weighted by atomic mass is 16.4. The van der Waals surface area contributed by atoms with Gasteiger partial charge in [-0.25, -0.2) is 4.79 Å². The maximum absolute atomic E-state index is 11.2. The summed E-state index contributed by atoms with van der Waals surface area (Å²) >= 11 is 0. The van der Waals surface area contributed by atoms with Gasteiger partial charge in [0.05, 0.1) is 21.1 Å². The summed E-state index contributed by atoms with van der Waals surface area (Å²) in [6.07, 6.45) is 5.32. The predicted octanol–water partition coefficient (Wildman–Crippen LogP) is 0.261. The van der Waals surface area contributed by atoms with E-state index in [2.05, 4.69) is 0 Å². The molecule has 1 radical (unpaired) electrons. The number of aliphatic carboxylic acids is 1. The summed E-state index contributed by atoms with van der Waals surface area (Å²) in [7, 11) is 7.33. The van der Waals surface area contributed by atoms with Crippen LogP contribution in [0.5, 0.6) is 0 Å². The molecule has 0 spiro atoms. The van der Waals surface area contributed by atoms with Gasteiger partial charge in [0, 0.05) is 0 Å². The molecule has 0 amide bonds. The molecule has 1 atom stereocenters. The number of allylic oxidation sites excluding steroid dienone is 2.